The summed E-state index contributed by atoms with van der Waals surface area (Å²) < 4.78 is 13.1. The molecule has 8 heteroatoms. The molecule has 7 nitrogen and oxygen atoms in total. The fraction of sp³-hybridized carbons (Fsp3) is 0.400. The van der Waals surface area contributed by atoms with E-state index in [1.807, 2.05) is 0 Å². The summed E-state index contributed by atoms with van der Waals surface area (Å²) in [4.78, 5) is 37.3. The lowest BCUT2D eigenvalue weighted by Crippen LogP contribution is -2.33. The fourth-order valence-electron chi connectivity index (χ4n) is 3.63. The molecule has 146 valence electrons. The highest BCUT2D eigenvalue weighted by atomic mass is 19.1. The van der Waals surface area contributed by atoms with Crippen LogP contribution >= 0.6 is 0 Å². The van der Waals surface area contributed by atoms with Gasteiger partial charge in [-0.1, -0.05) is 0 Å². The van der Waals surface area contributed by atoms with Crippen molar-refractivity contribution in [3.63, 3.8) is 0 Å². The molecule has 1 aromatic heterocycles. The van der Waals surface area contributed by atoms with Crippen molar-refractivity contribution in [2.24, 2.45) is 5.92 Å². The van der Waals surface area contributed by atoms with Crippen LogP contribution < -0.4 is 15.1 Å². The minimum absolute atomic E-state index is 0.134. The Kier molecular flexibility index (Phi) is 5.18. The minimum Gasteiger partial charge on any atom is -0.350 e. The lowest BCUT2D eigenvalue weighted by Gasteiger charge is -2.17. The molecule has 2 aliphatic heterocycles. The molecule has 2 amide bonds. The largest absolute Gasteiger partial charge is 0.350 e. The maximum Gasteiger partial charge on any atom is 0.227 e. The summed E-state index contributed by atoms with van der Waals surface area (Å²) in [6.07, 6.45) is 4.14. The van der Waals surface area contributed by atoms with Gasteiger partial charge >= 0.3 is 0 Å². The third kappa shape index (κ3) is 3.95. The third-order valence-corrected chi connectivity index (χ3v) is 5.17. The van der Waals surface area contributed by atoms with Crippen molar-refractivity contribution in [1.82, 2.24) is 15.3 Å². The number of amides is 2. The van der Waals surface area contributed by atoms with Gasteiger partial charge < -0.3 is 15.1 Å². The quantitative estimate of drug-likeness (QED) is 0.853. The molecule has 1 N–H and O–H groups in total. The Labute approximate surface area is 162 Å². The van der Waals surface area contributed by atoms with Crippen LogP contribution in [0.1, 0.15) is 25.0 Å². The summed E-state index contributed by atoms with van der Waals surface area (Å²) in [5, 5.41) is 2.87. The Bertz CT molecular complexity index is 867. The number of hydrogen-bond acceptors (Lipinski definition) is 5. The van der Waals surface area contributed by atoms with Crippen molar-refractivity contribution in [2.75, 3.05) is 29.4 Å². The summed E-state index contributed by atoms with van der Waals surface area (Å²) in [7, 11) is 0. The van der Waals surface area contributed by atoms with E-state index in [1.165, 1.54) is 17.0 Å². The average Bonchev–Trinajstić information content (AvgIpc) is 3.37. The number of nitrogens with zero attached hydrogens (tertiary/aromatic N) is 4. The molecular formula is C20H22FN5O2. The number of carbonyl (C=O) groups is 2. The topological polar surface area (TPSA) is 78.4 Å². The van der Waals surface area contributed by atoms with Crippen LogP contribution in [0.3, 0.4) is 0 Å². The lowest BCUT2D eigenvalue weighted by molar-refractivity contribution is -0.126. The van der Waals surface area contributed by atoms with Gasteiger partial charge in [0.15, 0.2) is 0 Å². The van der Waals surface area contributed by atoms with E-state index in [0.29, 0.717) is 24.7 Å². The van der Waals surface area contributed by atoms with E-state index in [0.717, 1.165) is 31.6 Å². The summed E-state index contributed by atoms with van der Waals surface area (Å²) in [6.45, 7) is 2.50. The highest BCUT2D eigenvalue weighted by molar-refractivity contribution is 6.00. The van der Waals surface area contributed by atoms with Crippen molar-refractivity contribution in [2.45, 2.75) is 25.8 Å². The van der Waals surface area contributed by atoms with E-state index in [9.17, 15) is 14.0 Å². The first-order valence-corrected chi connectivity index (χ1v) is 9.50. The number of hydrogen-bond donors (Lipinski definition) is 1. The number of nitrogens with one attached hydrogen (secondary N) is 1. The highest BCUT2D eigenvalue weighted by Gasteiger charge is 2.35. The predicted molar refractivity (Wildman–Crippen MR) is 102 cm³/mol. The third-order valence-electron chi connectivity index (χ3n) is 5.17. The van der Waals surface area contributed by atoms with E-state index in [2.05, 4.69) is 20.2 Å². The van der Waals surface area contributed by atoms with Gasteiger partial charge in [-0.2, -0.15) is 0 Å². The molecule has 2 aromatic rings. The molecule has 3 heterocycles. The monoisotopic (exact) mass is 383 g/mol. The number of carbonyl (C=O) groups excluding carboxylic acids is 2. The van der Waals surface area contributed by atoms with Crippen LogP contribution in [-0.4, -0.2) is 41.4 Å². The van der Waals surface area contributed by atoms with Crippen LogP contribution in [0.5, 0.6) is 0 Å². The van der Waals surface area contributed by atoms with Crippen molar-refractivity contribution in [3.8, 4) is 0 Å². The standard InChI is InChI=1S/C20H22FN5O2/c21-15-3-5-17(6-4-15)26-13-14(11-18(26)27)19(28)23-12-16-7-8-22-20(24-16)25-9-1-2-10-25/h3-8,14H,1-2,9-13H2,(H,23,28). The van der Waals surface area contributed by atoms with Gasteiger partial charge in [0, 0.05) is 37.9 Å². The van der Waals surface area contributed by atoms with Crippen LogP contribution in [0.15, 0.2) is 36.5 Å². The summed E-state index contributed by atoms with van der Waals surface area (Å²) in [6, 6.07) is 7.50. The normalized spacial score (nSPS) is 19.3. The van der Waals surface area contributed by atoms with Crippen LogP contribution in [0.25, 0.3) is 0 Å². The zero-order valence-corrected chi connectivity index (χ0v) is 15.5. The summed E-state index contributed by atoms with van der Waals surface area (Å²) in [5.41, 5.74) is 1.35. The second-order valence-electron chi connectivity index (χ2n) is 7.14. The highest BCUT2D eigenvalue weighted by Crippen LogP contribution is 2.25. The predicted octanol–water partition coefficient (Wildman–Crippen LogP) is 1.89. The van der Waals surface area contributed by atoms with Crippen molar-refractivity contribution < 1.29 is 14.0 Å². The Hall–Kier alpha value is -3.03. The molecule has 1 atom stereocenters. The molecule has 1 aromatic carbocycles. The molecule has 28 heavy (non-hydrogen) atoms. The molecule has 2 saturated heterocycles. The first-order valence-electron chi connectivity index (χ1n) is 9.50. The number of benzene rings is 1. The first kappa shape index (κ1) is 18.3. The van der Waals surface area contributed by atoms with Crippen LogP contribution in [0.4, 0.5) is 16.0 Å². The SMILES string of the molecule is O=C(NCc1ccnc(N2CCCC2)n1)C1CC(=O)N(c2ccc(F)cc2)C1. The first-order chi connectivity index (χ1) is 13.6. The minimum atomic E-state index is -0.433. The zero-order valence-electron chi connectivity index (χ0n) is 15.5. The number of aromatic nitrogens is 2. The second-order valence-corrected chi connectivity index (χ2v) is 7.14. The van der Waals surface area contributed by atoms with Crippen molar-refractivity contribution in [3.05, 3.63) is 48.0 Å². The van der Waals surface area contributed by atoms with E-state index in [-0.39, 0.29) is 24.1 Å². The molecule has 0 aliphatic carbocycles. The Balaban J connectivity index is 1.35. The van der Waals surface area contributed by atoms with Gasteiger partial charge in [-0.05, 0) is 43.2 Å². The molecule has 0 radical (unpaired) electrons. The maximum absolute atomic E-state index is 13.1. The fourth-order valence-corrected chi connectivity index (χ4v) is 3.63. The molecular weight excluding hydrogens is 361 g/mol. The molecule has 0 saturated carbocycles. The lowest BCUT2D eigenvalue weighted by atomic mass is 10.1. The van der Waals surface area contributed by atoms with Crippen molar-refractivity contribution in [1.29, 1.82) is 0 Å². The van der Waals surface area contributed by atoms with Gasteiger partial charge in [0.1, 0.15) is 5.82 Å². The van der Waals surface area contributed by atoms with Crippen LogP contribution in [-0.2, 0) is 16.1 Å². The van der Waals surface area contributed by atoms with Gasteiger partial charge in [0.25, 0.3) is 0 Å². The van der Waals surface area contributed by atoms with Gasteiger partial charge in [0.05, 0.1) is 18.2 Å². The zero-order chi connectivity index (χ0) is 19.5. The summed E-state index contributed by atoms with van der Waals surface area (Å²) in [5.74, 6) is -0.410. The molecule has 2 fully saturated rings. The Morgan fingerprint density at radius 1 is 1.18 bits per heavy atom. The van der Waals surface area contributed by atoms with E-state index < -0.39 is 5.92 Å². The number of anilines is 2. The second kappa shape index (κ2) is 7.92. The number of halogens is 1. The maximum atomic E-state index is 13.1. The van der Waals surface area contributed by atoms with Gasteiger partial charge in [-0.25, -0.2) is 14.4 Å². The molecule has 0 bridgehead atoms. The molecule has 4 rings (SSSR count). The van der Waals surface area contributed by atoms with Crippen LogP contribution in [0, 0.1) is 11.7 Å². The Morgan fingerprint density at radius 3 is 2.68 bits per heavy atom. The van der Waals surface area contributed by atoms with E-state index in [4.69, 9.17) is 0 Å². The smallest absolute Gasteiger partial charge is 0.227 e. The van der Waals surface area contributed by atoms with E-state index in [1.54, 1.807) is 24.4 Å². The molecule has 1 unspecified atom stereocenters. The van der Waals surface area contributed by atoms with Crippen molar-refractivity contribution >= 4 is 23.5 Å². The van der Waals surface area contributed by atoms with Crippen LogP contribution in [0.2, 0.25) is 0 Å². The number of rotatable bonds is 5. The molecule has 2 aliphatic rings. The Morgan fingerprint density at radius 2 is 1.93 bits per heavy atom. The van der Waals surface area contributed by atoms with E-state index >= 15 is 0 Å². The summed E-state index contributed by atoms with van der Waals surface area (Å²) >= 11 is 0. The van der Waals surface area contributed by atoms with Gasteiger partial charge in [-0.3, -0.25) is 9.59 Å². The molecule has 0 spiro atoms. The van der Waals surface area contributed by atoms with Gasteiger partial charge in [-0.15, -0.1) is 0 Å². The average molecular weight is 383 g/mol. The van der Waals surface area contributed by atoms with Gasteiger partial charge in [0.2, 0.25) is 17.8 Å².